The van der Waals surface area contributed by atoms with Crippen LogP contribution >= 0.6 is 0 Å². The monoisotopic (exact) mass is 228 g/mol. The van der Waals surface area contributed by atoms with E-state index in [1.165, 1.54) is 12.8 Å². The molecule has 3 heteroatoms. The average molecular weight is 228 g/mol. The molecule has 1 aliphatic heterocycles. The minimum Gasteiger partial charge on any atom is -0.381 e. The van der Waals surface area contributed by atoms with Crippen molar-refractivity contribution in [2.24, 2.45) is 17.1 Å². The highest BCUT2D eigenvalue weighted by Crippen LogP contribution is 2.28. The van der Waals surface area contributed by atoms with Crippen LogP contribution in [0.2, 0.25) is 0 Å². The van der Waals surface area contributed by atoms with Crippen molar-refractivity contribution in [3.05, 3.63) is 0 Å². The van der Waals surface area contributed by atoms with Crippen molar-refractivity contribution in [2.75, 3.05) is 26.3 Å². The summed E-state index contributed by atoms with van der Waals surface area (Å²) < 4.78 is 5.39. The third kappa shape index (κ3) is 4.81. The molecule has 16 heavy (non-hydrogen) atoms. The van der Waals surface area contributed by atoms with E-state index in [1.54, 1.807) is 0 Å². The Morgan fingerprint density at radius 1 is 1.31 bits per heavy atom. The van der Waals surface area contributed by atoms with Gasteiger partial charge in [0.25, 0.3) is 0 Å². The number of rotatable bonds is 6. The van der Waals surface area contributed by atoms with E-state index in [0.29, 0.717) is 17.4 Å². The van der Waals surface area contributed by atoms with Gasteiger partial charge in [-0.3, -0.25) is 0 Å². The normalized spacial score (nSPS) is 22.3. The molecule has 1 saturated heterocycles. The summed E-state index contributed by atoms with van der Waals surface area (Å²) in [7, 11) is 0. The molecule has 0 spiro atoms. The minimum atomic E-state index is 0.329. The van der Waals surface area contributed by atoms with E-state index < -0.39 is 0 Å². The van der Waals surface area contributed by atoms with Crippen molar-refractivity contribution in [3.8, 4) is 0 Å². The second-order valence-electron chi connectivity index (χ2n) is 5.80. The first-order chi connectivity index (χ1) is 7.53. The molecule has 1 fully saturated rings. The van der Waals surface area contributed by atoms with Gasteiger partial charge in [-0.2, -0.15) is 0 Å². The molecule has 0 radical (unpaired) electrons. The predicted octanol–water partition coefficient (Wildman–Crippen LogP) is 1.77. The molecule has 0 aromatic carbocycles. The molecule has 0 aromatic heterocycles. The summed E-state index contributed by atoms with van der Waals surface area (Å²) in [5, 5.41) is 3.55. The summed E-state index contributed by atoms with van der Waals surface area (Å²) in [4.78, 5) is 0. The second kappa shape index (κ2) is 6.58. The van der Waals surface area contributed by atoms with Crippen LogP contribution in [-0.4, -0.2) is 32.3 Å². The van der Waals surface area contributed by atoms with E-state index in [4.69, 9.17) is 10.5 Å². The Bertz CT molecular complexity index is 188. The van der Waals surface area contributed by atoms with Crippen LogP contribution in [0.4, 0.5) is 0 Å². The van der Waals surface area contributed by atoms with Gasteiger partial charge in [0, 0.05) is 25.8 Å². The van der Waals surface area contributed by atoms with E-state index in [2.05, 4.69) is 26.1 Å². The van der Waals surface area contributed by atoms with Gasteiger partial charge >= 0.3 is 0 Å². The van der Waals surface area contributed by atoms with Gasteiger partial charge in [-0.05, 0) is 37.1 Å². The van der Waals surface area contributed by atoms with Gasteiger partial charge in [-0.25, -0.2) is 0 Å². The second-order valence-corrected chi connectivity index (χ2v) is 5.80. The Labute approximate surface area is 100 Å². The molecule has 0 aliphatic carbocycles. The fraction of sp³-hybridized carbons (Fsp3) is 1.00. The SMILES string of the molecule is CC(C)C(N)CCNCC1(C)CCOCC1. The van der Waals surface area contributed by atoms with Crippen LogP contribution in [0.25, 0.3) is 0 Å². The summed E-state index contributed by atoms with van der Waals surface area (Å²) in [6, 6.07) is 0.329. The van der Waals surface area contributed by atoms with Crippen LogP contribution in [0.1, 0.15) is 40.0 Å². The van der Waals surface area contributed by atoms with Gasteiger partial charge in [0.15, 0.2) is 0 Å². The molecule has 1 rings (SSSR count). The number of ether oxygens (including phenoxy) is 1. The average Bonchev–Trinajstić information content (AvgIpc) is 2.25. The third-order valence-corrected chi connectivity index (χ3v) is 3.76. The van der Waals surface area contributed by atoms with Gasteiger partial charge in [-0.1, -0.05) is 20.8 Å². The molecule has 96 valence electrons. The van der Waals surface area contributed by atoms with E-state index in [9.17, 15) is 0 Å². The van der Waals surface area contributed by atoms with Gasteiger partial charge in [-0.15, -0.1) is 0 Å². The molecule has 0 amide bonds. The number of nitrogens with one attached hydrogen (secondary N) is 1. The van der Waals surface area contributed by atoms with Crippen LogP contribution in [0.5, 0.6) is 0 Å². The maximum atomic E-state index is 6.01. The maximum absolute atomic E-state index is 6.01. The highest BCUT2D eigenvalue weighted by molar-refractivity contribution is 4.79. The lowest BCUT2D eigenvalue weighted by Crippen LogP contribution is -2.39. The largest absolute Gasteiger partial charge is 0.381 e. The fourth-order valence-electron chi connectivity index (χ4n) is 2.03. The number of hydrogen-bond acceptors (Lipinski definition) is 3. The zero-order chi connectivity index (χ0) is 12.0. The van der Waals surface area contributed by atoms with Crippen molar-refractivity contribution < 1.29 is 4.74 Å². The first kappa shape index (κ1) is 13.9. The lowest BCUT2D eigenvalue weighted by Gasteiger charge is -2.33. The van der Waals surface area contributed by atoms with Gasteiger partial charge in [0.05, 0.1) is 0 Å². The van der Waals surface area contributed by atoms with Crippen molar-refractivity contribution in [1.29, 1.82) is 0 Å². The molecular weight excluding hydrogens is 200 g/mol. The van der Waals surface area contributed by atoms with Crippen LogP contribution in [0.15, 0.2) is 0 Å². The number of nitrogens with two attached hydrogens (primary N) is 1. The topological polar surface area (TPSA) is 47.3 Å². The van der Waals surface area contributed by atoms with E-state index in [0.717, 1.165) is 32.7 Å². The molecule has 1 unspecified atom stereocenters. The van der Waals surface area contributed by atoms with Gasteiger partial charge in [0.2, 0.25) is 0 Å². The minimum absolute atomic E-state index is 0.329. The maximum Gasteiger partial charge on any atom is 0.0471 e. The first-order valence-electron chi connectivity index (χ1n) is 6.57. The molecule has 0 aromatic rings. The first-order valence-corrected chi connectivity index (χ1v) is 6.57. The van der Waals surface area contributed by atoms with E-state index in [1.807, 2.05) is 0 Å². The van der Waals surface area contributed by atoms with Crippen molar-refractivity contribution in [3.63, 3.8) is 0 Å². The molecule has 1 heterocycles. The number of hydrogen-bond donors (Lipinski definition) is 2. The lowest BCUT2D eigenvalue weighted by atomic mass is 9.82. The Hall–Kier alpha value is -0.120. The summed E-state index contributed by atoms with van der Waals surface area (Å²) in [6.45, 7) is 10.7. The Morgan fingerprint density at radius 3 is 2.50 bits per heavy atom. The molecule has 1 atom stereocenters. The van der Waals surface area contributed by atoms with Crippen LogP contribution in [-0.2, 0) is 4.74 Å². The Balaban J connectivity index is 2.10. The smallest absolute Gasteiger partial charge is 0.0471 e. The Kier molecular flexibility index (Phi) is 5.73. The molecule has 0 bridgehead atoms. The summed E-state index contributed by atoms with van der Waals surface area (Å²) in [6.07, 6.45) is 3.43. The highest BCUT2D eigenvalue weighted by Gasteiger charge is 2.26. The lowest BCUT2D eigenvalue weighted by molar-refractivity contribution is 0.0241. The Morgan fingerprint density at radius 2 is 1.94 bits per heavy atom. The van der Waals surface area contributed by atoms with Crippen molar-refractivity contribution in [1.82, 2.24) is 5.32 Å². The summed E-state index contributed by atoms with van der Waals surface area (Å²) in [5.41, 5.74) is 6.44. The van der Waals surface area contributed by atoms with E-state index >= 15 is 0 Å². The third-order valence-electron chi connectivity index (χ3n) is 3.76. The zero-order valence-corrected chi connectivity index (χ0v) is 11.1. The van der Waals surface area contributed by atoms with Crippen LogP contribution in [0.3, 0.4) is 0 Å². The fourth-order valence-corrected chi connectivity index (χ4v) is 2.03. The van der Waals surface area contributed by atoms with Gasteiger partial charge < -0.3 is 15.8 Å². The molecule has 3 nitrogen and oxygen atoms in total. The quantitative estimate of drug-likeness (QED) is 0.681. The van der Waals surface area contributed by atoms with E-state index in [-0.39, 0.29) is 0 Å². The molecule has 1 aliphatic rings. The van der Waals surface area contributed by atoms with Crippen LogP contribution in [0, 0.1) is 11.3 Å². The molecule has 3 N–H and O–H groups in total. The zero-order valence-electron chi connectivity index (χ0n) is 11.1. The van der Waals surface area contributed by atoms with Gasteiger partial charge in [0.1, 0.15) is 0 Å². The van der Waals surface area contributed by atoms with Crippen molar-refractivity contribution >= 4 is 0 Å². The van der Waals surface area contributed by atoms with Crippen LogP contribution < -0.4 is 11.1 Å². The predicted molar refractivity (Wildman–Crippen MR) is 68.5 cm³/mol. The molecule has 0 saturated carbocycles. The standard InChI is InChI=1S/C13H28N2O/c1-11(2)12(14)4-7-15-10-13(3)5-8-16-9-6-13/h11-12,15H,4-10,14H2,1-3H3. The molecular formula is C13H28N2O. The van der Waals surface area contributed by atoms with Crippen molar-refractivity contribution in [2.45, 2.75) is 46.1 Å². The summed E-state index contributed by atoms with van der Waals surface area (Å²) in [5.74, 6) is 0.584. The highest BCUT2D eigenvalue weighted by atomic mass is 16.5. The summed E-state index contributed by atoms with van der Waals surface area (Å²) >= 11 is 0.